The number of hydrogen-bond donors (Lipinski definition) is 9. The lowest BCUT2D eigenvalue weighted by Crippen LogP contribution is -2.63. The molecule has 0 radical (unpaired) electrons. The number of fused-ring (bicyclic) bond motifs is 5. The Balaban J connectivity index is 1.05. The first-order valence-electron chi connectivity index (χ1n) is 22.5. The van der Waals surface area contributed by atoms with Gasteiger partial charge < -0.3 is 64.9 Å². The first-order valence-corrected chi connectivity index (χ1v) is 22.5. The van der Waals surface area contributed by atoms with Gasteiger partial charge in [-0.3, -0.25) is 0 Å². The molecule has 9 N–H and O–H groups in total. The molecule has 344 valence electrons. The maximum Gasteiger partial charge on any atom is 0.180 e. The van der Waals surface area contributed by atoms with Crippen molar-refractivity contribution in [1.82, 2.24) is 30.0 Å². The summed E-state index contributed by atoms with van der Waals surface area (Å²) in [6.07, 6.45) is -2.82. The van der Waals surface area contributed by atoms with E-state index >= 15 is 0 Å². The van der Waals surface area contributed by atoms with Crippen LogP contribution < -0.4 is 0 Å². The van der Waals surface area contributed by atoms with Crippen molar-refractivity contribution >= 4 is 0 Å². The zero-order valence-corrected chi connectivity index (χ0v) is 35.7. The summed E-state index contributed by atoms with van der Waals surface area (Å²) in [7, 11) is 0. The lowest BCUT2D eigenvalue weighted by Gasteiger charge is -2.64. The van der Waals surface area contributed by atoms with Crippen LogP contribution in [0.1, 0.15) is 109 Å². The van der Waals surface area contributed by atoms with Crippen LogP contribution in [0, 0.1) is 46.3 Å². The van der Waals surface area contributed by atoms with Gasteiger partial charge in [0.1, 0.15) is 60.2 Å². The van der Waals surface area contributed by atoms with Gasteiger partial charge in [0.15, 0.2) is 12.5 Å². The summed E-state index contributed by atoms with van der Waals surface area (Å²) in [5.41, 5.74) is 0.747. The van der Waals surface area contributed by atoms with Crippen LogP contribution >= 0.6 is 0 Å². The van der Waals surface area contributed by atoms with Crippen LogP contribution in [-0.2, 0) is 32.2 Å². The Bertz CT molecular complexity index is 1770. The zero-order valence-electron chi connectivity index (χ0n) is 35.7. The quantitative estimate of drug-likeness (QED) is 0.128. The lowest BCUT2D eigenvalue weighted by molar-refractivity contribution is -0.254. The van der Waals surface area contributed by atoms with Crippen LogP contribution in [0.25, 0.3) is 0 Å². The monoisotopic (exact) mass is 864 g/mol. The van der Waals surface area contributed by atoms with E-state index in [0.29, 0.717) is 29.6 Å². The van der Waals surface area contributed by atoms with E-state index in [1.165, 1.54) is 9.36 Å². The van der Waals surface area contributed by atoms with Gasteiger partial charge in [-0.15, -0.1) is 10.2 Å². The van der Waals surface area contributed by atoms with Crippen molar-refractivity contribution in [3.05, 3.63) is 23.8 Å². The molecule has 6 fully saturated rings. The number of rotatable bonds is 13. The second kappa shape index (κ2) is 18.0. The minimum atomic E-state index is -1.55. The summed E-state index contributed by atoms with van der Waals surface area (Å²) in [6, 6.07) is 0. The predicted molar refractivity (Wildman–Crippen MR) is 211 cm³/mol. The van der Waals surface area contributed by atoms with Crippen LogP contribution in [0.2, 0.25) is 0 Å². The molecule has 4 unspecified atom stereocenters. The molecule has 6 aliphatic rings. The Morgan fingerprint density at radius 3 is 1.87 bits per heavy atom. The summed E-state index contributed by atoms with van der Waals surface area (Å²) in [5, 5.41) is 110. The summed E-state index contributed by atoms with van der Waals surface area (Å²) in [4.78, 5) is 0. The Morgan fingerprint density at radius 2 is 1.31 bits per heavy atom. The van der Waals surface area contributed by atoms with Crippen LogP contribution in [0.15, 0.2) is 12.4 Å². The topological polar surface area (TPSA) is 280 Å². The molecular formula is C42H68N6O13. The van der Waals surface area contributed by atoms with Gasteiger partial charge in [-0.25, -0.2) is 9.36 Å². The van der Waals surface area contributed by atoms with Gasteiger partial charge >= 0.3 is 0 Å². The van der Waals surface area contributed by atoms with E-state index in [0.717, 1.165) is 51.4 Å². The van der Waals surface area contributed by atoms with Crippen LogP contribution in [0.3, 0.4) is 0 Å². The summed E-state index contributed by atoms with van der Waals surface area (Å²) in [6.45, 7) is 8.60. The fraction of sp³-hybridized carbons (Fsp3) is 0.905. The van der Waals surface area contributed by atoms with Crippen molar-refractivity contribution in [3.63, 3.8) is 0 Å². The van der Waals surface area contributed by atoms with Gasteiger partial charge in [-0.05, 0) is 85.9 Å². The third-order valence-electron chi connectivity index (χ3n) is 16.5. The van der Waals surface area contributed by atoms with Crippen molar-refractivity contribution < 1.29 is 64.9 Å². The highest BCUT2D eigenvalue weighted by Gasteiger charge is 2.66. The van der Waals surface area contributed by atoms with E-state index in [2.05, 4.69) is 48.3 Å². The van der Waals surface area contributed by atoms with E-state index in [9.17, 15) is 46.0 Å². The van der Waals surface area contributed by atoms with Crippen molar-refractivity contribution in [1.29, 1.82) is 0 Å². The van der Waals surface area contributed by atoms with Gasteiger partial charge in [0, 0.05) is 5.41 Å². The Hall–Kier alpha value is -2.24. The van der Waals surface area contributed by atoms with E-state index in [1.807, 2.05) is 0 Å². The molecule has 2 aromatic rings. The largest absolute Gasteiger partial charge is 0.394 e. The normalized spacial score (nSPS) is 46.8. The van der Waals surface area contributed by atoms with Gasteiger partial charge in [0.05, 0.1) is 57.1 Å². The fourth-order valence-electron chi connectivity index (χ4n) is 13.1. The molecule has 2 aromatic heterocycles. The number of ether oxygens (including phenoxy) is 4. The Kier molecular flexibility index (Phi) is 13.4. The molecule has 4 aliphatic carbocycles. The van der Waals surface area contributed by atoms with Crippen molar-refractivity contribution in [2.45, 2.75) is 178 Å². The second-order valence-corrected chi connectivity index (χ2v) is 19.7. The molecule has 2 aliphatic heterocycles. The molecule has 0 aromatic carbocycles. The van der Waals surface area contributed by atoms with E-state index in [-0.39, 0.29) is 66.0 Å². The zero-order chi connectivity index (χ0) is 43.5. The molecule has 0 spiro atoms. The molecule has 4 saturated carbocycles. The molecule has 19 heteroatoms. The SMILES string of the molecule is CCC[C@@H](C)[C@H]1CC[C@H]2[C@@H]3[C@H](OCc4cn([C@@H]5OC(CO)[C@@H](O)[C@H](O)C5O)nn4)C[C@@H]4C[C@H](O)CC[C@]4(C)[C@H]3C[C@H](OCc3cn([C@@H]4OC(CO)[C@@H](O)[C@H](O)C4O)nn3)[C@]12C. The molecule has 21 atom stereocenters. The number of aliphatic hydroxyl groups is 9. The molecule has 19 nitrogen and oxygen atoms in total. The molecule has 0 bridgehead atoms. The molecule has 4 heterocycles. The van der Waals surface area contributed by atoms with Gasteiger partial charge in [0.2, 0.25) is 0 Å². The molecule has 8 rings (SSSR count). The highest BCUT2D eigenvalue weighted by atomic mass is 16.6. The maximum absolute atomic E-state index is 11.0. The number of nitrogens with zero attached hydrogens (tertiary/aromatic N) is 6. The summed E-state index contributed by atoms with van der Waals surface area (Å²) >= 11 is 0. The van der Waals surface area contributed by atoms with Gasteiger partial charge in [0.25, 0.3) is 0 Å². The standard InChI is InChI=1S/C42H68N6O13/c1-5-6-20(2)25-7-8-26-32-27(13-31(42(25,26)4)59-19-23-15-48(46-44-23)40-38(57)36(55)34(53)30(17-50)61-40)41(3)10-9-24(51)11-21(41)12-28(32)58-18-22-14-47(45-43-22)39-37(56)35(54)33(52)29(16-49)60-39/h14-15,20-21,24-40,49-57H,5-13,16-19H2,1-4H3/t20-,21+,24-,25-,26+,27+,28-,29?,30?,31+,32+,33-,34-,35+,36+,37?,38?,39-,40-,41+,42-/m1/s1. The average molecular weight is 865 g/mol. The smallest absolute Gasteiger partial charge is 0.180 e. The first kappa shape index (κ1) is 45.3. The van der Waals surface area contributed by atoms with Gasteiger partial charge in [-0.1, -0.05) is 51.0 Å². The number of hydrogen-bond acceptors (Lipinski definition) is 17. The number of aliphatic hydroxyl groups excluding tert-OH is 9. The van der Waals surface area contributed by atoms with E-state index in [4.69, 9.17) is 18.9 Å². The second-order valence-electron chi connectivity index (χ2n) is 19.7. The van der Waals surface area contributed by atoms with Crippen LogP contribution in [-0.4, -0.2) is 156 Å². The van der Waals surface area contributed by atoms with Crippen molar-refractivity contribution in [3.8, 4) is 0 Å². The summed E-state index contributed by atoms with van der Waals surface area (Å²) < 4.78 is 28.1. The highest BCUT2D eigenvalue weighted by Crippen LogP contribution is 2.69. The summed E-state index contributed by atoms with van der Waals surface area (Å²) in [5.74, 6) is 1.76. The lowest BCUT2D eigenvalue weighted by atomic mass is 9.43. The maximum atomic E-state index is 11.0. The van der Waals surface area contributed by atoms with E-state index in [1.54, 1.807) is 12.4 Å². The van der Waals surface area contributed by atoms with Crippen LogP contribution in [0.4, 0.5) is 0 Å². The third-order valence-corrected chi connectivity index (χ3v) is 16.5. The minimum Gasteiger partial charge on any atom is -0.394 e. The minimum absolute atomic E-state index is 0.0572. The highest BCUT2D eigenvalue weighted by molar-refractivity contribution is 5.15. The third kappa shape index (κ3) is 8.01. The van der Waals surface area contributed by atoms with Crippen LogP contribution in [0.5, 0.6) is 0 Å². The first-order chi connectivity index (χ1) is 29.1. The molecular weight excluding hydrogens is 796 g/mol. The molecule has 61 heavy (non-hydrogen) atoms. The number of aromatic nitrogens is 6. The molecule has 2 saturated heterocycles. The Labute approximate surface area is 356 Å². The predicted octanol–water partition coefficient (Wildman–Crippen LogP) is -0.0392. The molecule has 0 amide bonds. The van der Waals surface area contributed by atoms with Crippen molar-refractivity contribution in [2.24, 2.45) is 46.3 Å². The fourth-order valence-corrected chi connectivity index (χ4v) is 13.1. The average Bonchev–Trinajstić information content (AvgIpc) is 4.00. The van der Waals surface area contributed by atoms with Crippen molar-refractivity contribution in [2.75, 3.05) is 13.2 Å². The van der Waals surface area contributed by atoms with E-state index < -0.39 is 74.5 Å². The van der Waals surface area contributed by atoms with Gasteiger partial charge in [-0.2, -0.15) is 0 Å². The Morgan fingerprint density at radius 1 is 0.738 bits per heavy atom.